The summed E-state index contributed by atoms with van der Waals surface area (Å²) < 4.78 is 12.9. The lowest BCUT2D eigenvalue weighted by Crippen LogP contribution is -2.45. The van der Waals surface area contributed by atoms with Crippen LogP contribution < -0.4 is 14.8 Å². The Hall–Kier alpha value is -2.77. The van der Waals surface area contributed by atoms with Crippen molar-refractivity contribution in [2.24, 2.45) is 7.05 Å². The fraction of sp³-hybridized carbons (Fsp3) is 0.438. The summed E-state index contributed by atoms with van der Waals surface area (Å²) in [5.74, 6) is 1.85. The number of benzene rings is 1. The average Bonchev–Trinajstić information content (AvgIpc) is 2.86. The Morgan fingerprint density at radius 2 is 2.21 bits per heavy atom. The molecule has 1 aliphatic heterocycles. The van der Waals surface area contributed by atoms with Crippen molar-refractivity contribution in [3.05, 3.63) is 30.1 Å². The summed E-state index contributed by atoms with van der Waals surface area (Å²) in [5.41, 5.74) is 0.393. The Kier molecular flexibility index (Phi) is 4.04. The highest BCUT2D eigenvalue weighted by molar-refractivity contribution is 5.87. The number of aryl methyl sites for hydroxylation is 1. The van der Waals surface area contributed by atoms with Crippen molar-refractivity contribution < 1.29 is 14.3 Å². The van der Waals surface area contributed by atoms with E-state index >= 15 is 0 Å². The molecule has 0 saturated carbocycles. The zero-order chi connectivity index (χ0) is 17.3. The van der Waals surface area contributed by atoms with Gasteiger partial charge in [0.25, 0.3) is 0 Å². The van der Waals surface area contributed by atoms with E-state index in [1.54, 1.807) is 19.1 Å². The number of urea groups is 1. The van der Waals surface area contributed by atoms with E-state index in [9.17, 15) is 4.79 Å². The number of ether oxygens (including phenoxy) is 2. The molecule has 1 aliphatic rings. The van der Waals surface area contributed by atoms with Gasteiger partial charge in [0.15, 0.2) is 0 Å². The number of nitrogens with one attached hydrogen (secondary N) is 1. The van der Waals surface area contributed by atoms with Crippen molar-refractivity contribution in [3.8, 4) is 11.5 Å². The molecule has 128 valence electrons. The van der Waals surface area contributed by atoms with Gasteiger partial charge in [-0.15, -0.1) is 0 Å². The molecule has 0 unspecified atom stereocenters. The van der Waals surface area contributed by atoms with Gasteiger partial charge in [0.05, 0.1) is 20.2 Å². The van der Waals surface area contributed by atoms with Crippen LogP contribution >= 0.6 is 0 Å². The molecular formula is C16H21N5O3. The Balaban J connectivity index is 1.86. The van der Waals surface area contributed by atoms with Crippen LogP contribution in [0.2, 0.25) is 0 Å². The summed E-state index contributed by atoms with van der Waals surface area (Å²) in [5, 5.41) is 6.73. The number of aromatic nitrogens is 3. The molecule has 2 heterocycles. The number of hydrogen-bond acceptors (Lipinski definition) is 5. The van der Waals surface area contributed by atoms with Crippen molar-refractivity contribution in [2.75, 3.05) is 19.0 Å². The van der Waals surface area contributed by atoms with Crippen molar-refractivity contribution in [1.29, 1.82) is 0 Å². The van der Waals surface area contributed by atoms with Gasteiger partial charge >= 0.3 is 6.03 Å². The van der Waals surface area contributed by atoms with Crippen LogP contribution in [0.4, 0.5) is 10.7 Å². The van der Waals surface area contributed by atoms with E-state index in [1.807, 2.05) is 32.0 Å². The molecule has 1 N–H and O–H groups in total. The normalized spacial score (nSPS) is 15.9. The minimum absolute atomic E-state index is 0.244. The number of rotatable bonds is 2. The fourth-order valence-corrected chi connectivity index (χ4v) is 2.67. The lowest BCUT2D eigenvalue weighted by Gasteiger charge is -2.29. The molecule has 0 fully saturated rings. The third kappa shape index (κ3) is 3.27. The van der Waals surface area contributed by atoms with Gasteiger partial charge in [-0.05, 0) is 26.0 Å². The van der Waals surface area contributed by atoms with Crippen LogP contribution in [0.25, 0.3) is 0 Å². The summed E-state index contributed by atoms with van der Waals surface area (Å²) in [6.45, 7) is 4.77. The maximum Gasteiger partial charge on any atom is 0.324 e. The van der Waals surface area contributed by atoms with Crippen molar-refractivity contribution in [1.82, 2.24) is 19.7 Å². The zero-order valence-corrected chi connectivity index (χ0v) is 14.2. The third-order valence-electron chi connectivity index (χ3n) is 3.81. The molecule has 1 aromatic heterocycles. The SMILES string of the molecule is COc1ccc2c(c1)OC(C)(C)CN(C(=O)Nc1ncnn1C)C2. The first-order chi connectivity index (χ1) is 11.4. The van der Waals surface area contributed by atoms with Gasteiger partial charge in [-0.25, -0.2) is 9.48 Å². The number of carbonyl (C=O) groups is 1. The van der Waals surface area contributed by atoms with Gasteiger partial charge < -0.3 is 14.4 Å². The zero-order valence-electron chi connectivity index (χ0n) is 14.2. The van der Waals surface area contributed by atoms with E-state index in [-0.39, 0.29) is 6.03 Å². The van der Waals surface area contributed by atoms with Crippen LogP contribution in [-0.2, 0) is 13.6 Å². The Bertz CT molecular complexity index is 756. The number of amides is 2. The number of carbonyl (C=O) groups excluding carboxylic acids is 1. The molecule has 0 atom stereocenters. The van der Waals surface area contributed by atoms with Crippen LogP contribution in [-0.4, -0.2) is 45.0 Å². The first-order valence-electron chi connectivity index (χ1n) is 7.64. The molecule has 3 rings (SSSR count). The maximum absolute atomic E-state index is 12.6. The highest BCUT2D eigenvalue weighted by Crippen LogP contribution is 2.32. The minimum Gasteiger partial charge on any atom is -0.497 e. The molecule has 24 heavy (non-hydrogen) atoms. The summed E-state index contributed by atoms with van der Waals surface area (Å²) in [4.78, 5) is 18.4. The average molecular weight is 331 g/mol. The molecule has 0 spiro atoms. The molecular weight excluding hydrogens is 310 g/mol. The smallest absolute Gasteiger partial charge is 0.324 e. The highest BCUT2D eigenvalue weighted by atomic mass is 16.5. The van der Waals surface area contributed by atoms with E-state index in [4.69, 9.17) is 9.47 Å². The molecule has 2 aromatic rings. The minimum atomic E-state index is -0.533. The summed E-state index contributed by atoms with van der Waals surface area (Å²) >= 11 is 0. The first-order valence-corrected chi connectivity index (χ1v) is 7.64. The molecule has 0 aliphatic carbocycles. The van der Waals surface area contributed by atoms with Crippen LogP contribution in [0, 0.1) is 0 Å². The number of hydrogen-bond donors (Lipinski definition) is 1. The summed E-state index contributed by atoms with van der Waals surface area (Å²) in [7, 11) is 3.34. The van der Waals surface area contributed by atoms with Crippen LogP contribution in [0.5, 0.6) is 11.5 Å². The molecule has 1 aromatic carbocycles. The Morgan fingerprint density at radius 1 is 1.42 bits per heavy atom. The van der Waals surface area contributed by atoms with Crippen LogP contribution in [0.15, 0.2) is 24.5 Å². The monoisotopic (exact) mass is 331 g/mol. The van der Waals surface area contributed by atoms with E-state index in [1.165, 1.54) is 11.0 Å². The number of nitrogens with zero attached hydrogens (tertiary/aromatic N) is 4. The van der Waals surface area contributed by atoms with E-state index in [2.05, 4.69) is 15.4 Å². The molecule has 8 nitrogen and oxygen atoms in total. The van der Waals surface area contributed by atoms with Crippen LogP contribution in [0.1, 0.15) is 19.4 Å². The molecule has 0 radical (unpaired) electrons. The second-order valence-corrected chi connectivity index (χ2v) is 6.33. The quantitative estimate of drug-likeness (QED) is 0.910. The van der Waals surface area contributed by atoms with Gasteiger partial charge in [0.1, 0.15) is 23.4 Å². The number of methoxy groups -OCH3 is 1. The standard InChI is InChI=1S/C16H21N5O3/c1-16(2)9-21(15(22)19-14-17-10-18-20(14)3)8-11-5-6-12(23-4)7-13(11)24-16/h5-7,10H,8-9H2,1-4H3,(H,17,18,19,22). The van der Waals surface area contributed by atoms with Crippen LogP contribution in [0.3, 0.4) is 0 Å². The van der Waals surface area contributed by atoms with E-state index < -0.39 is 5.60 Å². The number of fused-ring (bicyclic) bond motifs is 1. The number of anilines is 1. The maximum atomic E-state index is 12.6. The van der Waals surface area contributed by atoms with Gasteiger partial charge in [-0.3, -0.25) is 5.32 Å². The third-order valence-corrected chi connectivity index (χ3v) is 3.81. The second-order valence-electron chi connectivity index (χ2n) is 6.33. The second kappa shape index (κ2) is 6.03. The molecule has 0 bridgehead atoms. The van der Waals surface area contributed by atoms with Gasteiger partial charge in [0.2, 0.25) is 5.95 Å². The lowest BCUT2D eigenvalue weighted by molar-refractivity contribution is 0.0832. The fourth-order valence-electron chi connectivity index (χ4n) is 2.67. The van der Waals surface area contributed by atoms with Gasteiger partial charge in [0, 0.05) is 18.7 Å². The molecule has 2 amide bonds. The van der Waals surface area contributed by atoms with Crippen molar-refractivity contribution >= 4 is 12.0 Å². The lowest BCUT2D eigenvalue weighted by atomic mass is 10.1. The summed E-state index contributed by atoms with van der Waals surface area (Å²) in [6, 6.07) is 5.38. The predicted molar refractivity (Wildman–Crippen MR) is 88.1 cm³/mol. The van der Waals surface area contributed by atoms with Gasteiger partial charge in [-0.1, -0.05) is 0 Å². The molecule has 8 heteroatoms. The predicted octanol–water partition coefficient (Wildman–Crippen LogP) is 2.03. The Morgan fingerprint density at radius 3 is 2.88 bits per heavy atom. The van der Waals surface area contributed by atoms with Gasteiger partial charge in [-0.2, -0.15) is 10.1 Å². The molecule has 0 saturated heterocycles. The van der Waals surface area contributed by atoms with Crippen molar-refractivity contribution in [2.45, 2.75) is 26.0 Å². The van der Waals surface area contributed by atoms with Crippen molar-refractivity contribution in [3.63, 3.8) is 0 Å². The van der Waals surface area contributed by atoms with E-state index in [0.29, 0.717) is 19.0 Å². The largest absolute Gasteiger partial charge is 0.497 e. The highest BCUT2D eigenvalue weighted by Gasteiger charge is 2.32. The van der Waals surface area contributed by atoms with E-state index in [0.717, 1.165) is 17.1 Å². The Labute approximate surface area is 140 Å². The topological polar surface area (TPSA) is 81.5 Å². The summed E-state index contributed by atoms with van der Waals surface area (Å²) in [6.07, 6.45) is 1.40. The first kappa shape index (κ1) is 16.1.